The standard InChI is InChI=1S/C30H31N2.BF4/c1-5-13-25(14-6-1)28-23-29(26-15-7-2-8-16-26)32(22-21-31-19-11-4-12-20-31)30(24-28)27-17-9-3-10-18-27;2-1(3,4)5/h1-3,5-10,13-18,23-24H,4,11-12,19-22H2;/q+1;-1. The second-order valence-corrected chi connectivity index (χ2v) is 9.16. The van der Waals surface area contributed by atoms with Crippen LogP contribution in [0.3, 0.4) is 0 Å². The van der Waals surface area contributed by atoms with Gasteiger partial charge < -0.3 is 17.3 Å². The number of hydrogen-bond acceptors (Lipinski definition) is 1. The average Bonchev–Trinajstić information content (AvgIpc) is 2.92. The van der Waals surface area contributed by atoms with Gasteiger partial charge in [-0.2, -0.15) is 4.57 Å². The minimum atomic E-state index is -6.00. The van der Waals surface area contributed by atoms with Gasteiger partial charge in [0.25, 0.3) is 0 Å². The third-order valence-electron chi connectivity index (χ3n) is 6.50. The Hall–Kier alpha value is -3.45. The van der Waals surface area contributed by atoms with Crippen molar-refractivity contribution in [3.05, 3.63) is 103 Å². The van der Waals surface area contributed by atoms with Crippen molar-refractivity contribution in [3.8, 4) is 33.6 Å². The van der Waals surface area contributed by atoms with E-state index in [9.17, 15) is 17.3 Å². The molecular weight excluding hydrogens is 475 g/mol. The molecule has 1 aliphatic rings. The van der Waals surface area contributed by atoms with Gasteiger partial charge in [0.1, 0.15) is 0 Å². The topological polar surface area (TPSA) is 7.12 Å². The van der Waals surface area contributed by atoms with Gasteiger partial charge >= 0.3 is 7.25 Å². The molecule has 2 heterocycles. The van der Waals surface area contributed by atoms with E-state index in [1.807, 2.05) is 0 Å². The van der Waals surface area contributed by atoms with Gasteiger partial charge in [-0.25, -0.2) is 0 Å². The van der Waals surface area contributed by atoms with Gasteiger partial charge in [-0.05, 0) is 61.3 Å². The number of pyridine rings is 1. The van der Waals surface area contributed by atoms with Crippen molar-refractivity contribution in [2.24, 2.45) is 0 Å². The molecule has 1 fully saturated rings. The van der Waals surface area contributed by atoms with Gasteiger partial charge in [0.2, 0.25) is 11.4 Å². The number of rotatable bonds is 6. The summed E-state index contributed by atoms with van der Waals surface area (Å²) in [5.41, 5.74) is 7.61. The molecule has 2 nitrogen and oxygen atoms in total. The zero-order valence-corrected chi connectivity index (χ0v) is 20.7. The zero-order valence-electron chi connectivity index (χ0n) is 20.7. The average molecular weight is 506 g/mol. The number of hydrogen-bond donors (Lipinski definition) is 0. The van der Waals surface area contributed by atoms with E-state index >= 15 is 0 Å². The van der Waals surface area contributed by atoms with Crippen LogP contribution in [0.4, 0.5) is 17.3 Å². The molecule has 7 heteroatoms. The van der Waals surface area contributed by atoms with Crippen LogP contribution in [0.15, 0.2) is 103 Å². The zero-order chi connectivity index (χ0) is 26.1. The van der Waals surface area contributed by atoms with E-state index < -0.39 is 7.25 Å². The fourth-order valence-electron chi connectivity index (χ4n) is 4.78. The lowest BCUT2D eigenvalue weighted by Gasteiger charge is -2.25. The summed E-state index contributed by atoms with van der Waals surface area (Å²) in [5, 5.41) is 0. The van der Waals surface area contributed by atoms with Crippen LogP contribution in [0.5, 0.6) is 0 Å². The van der Waals surface area contributed by atoms with Crippen LogP contribution in [0, 0.1) is 0 Å². The van der Waals surface area contributed by atoms with Gasteiger partial charge in [-0.1, -0.05) is 73.2 Å². The van der Waals surface area contributed by atoms with Crippen molar-refractivity contribution >= 4 is 7.25 Å². The van der Waals surface area contributed by atoms with Crippen LogP contribution in [0.1, 0.15) is 19.3 Å². The van der Waals surface area contributed by atoms with Crippen LogP contribution in [0.25, 0.3) is 33.6 Å². The van der Waals surface area contributed by atoms with Gasteiger partial charge in [0.05, 0.1) is 6.54 Å². The van der Waals surface area contributed by atoms with Crippen LogP contribution < -0.4 is 4.57 Å². The Morgan fingerprint density at radius 1 is 0.568 bits per heavy atom. The molecular formula is C30H31BF4N2. The van der Waals surface area contributed by atoms with Crippen LogP contribution >= 0.6 is 0 Å². The number of benzene rings is 3. The maximum absolute atomic E-state index is 9.75. The fourth-order valence-corrected chi connectivity index (χ4v) is 4.78. The number of piperidine rings is 1. The molecule has 4 aromatic rings. The van der Waals surface area contributed by atoms with Crippen molar-refractivity contribution in [2.75, 3.05) is 19.6 Å². The SMILES string of the molecule is F[B-](F)(F)F.c1ccc(-c2cc(-c3ccccc3)[n+](CCN3CCCCC3)c(-c3ccccc3)c2)cc1. The highest BCUT2D eigenvalue weighted by Gasteiger charge is 2.24. The fraction of sp³-hybridized carbons (Fsp3) is 0.233. The summed E-state index contributed by atoms with van der Waals surface area (Å²) < 4.78 is 41.5. The summed E-state index contributed by atoms with van der Waals surface area (Å²) in [7, 11) is -6.00. The Bertz CT molecular complexity index is 1180. The smallest absolute Gasteiger partial charge is 0.418 e. The Labute approximate surface area is 216 Å². The first-order valence-corrected chi connectivity index (χ1v) is 12.7. The first kappa shape index (κ1) is 26.6. The number of likely N-dealkylation sites (tertiary alicyclic amines) is 1. The predicted octanol–water partition coefficient (Wildman–Crippen LogP) is 7.76. The lowest BCUT2D eigenvalue weighted by molar-refractivity contribution is -0.675. The molecule has 0 spiro atoms. The number of nitrogens with zero attached hydrogens (tertiary/aromatic N) is 2. The van der Waals surface area contributed by atoms with E-state index in [4.69, 9.17) is 0 Å². The highest BCUT2D eigenvalue weighted by atomic mass is 19.5. The Balaban J connectivity index is 0.000000586. The van der Waals surface area contributed by atoms with Gasteiger partial charge in [-0.3, -0.25) is 4.90 Å². The number of halogens is 4. The second-order valence-electron chi connectivity index (χ2n) is 9.16. The third-order valence-corrected chi connectivity index (χ3v) is 6.50. The van der Waals surface area contributed by atoms with Crippen molar-refractivity contribution in [1.29, 1.82) is 0 Å². The highest BCUT2D eigenvalue weighted by Crippen LogP contribution is 2.29. The number of aromatic nitrogens is 1. The van der Waals surface area contributed by atoms with E-state index in [1.165, 1.54) is 66.0 Å². The Morgan fingerprint density at radius 2 is 0.973 bits per heavy atom. The maximum atomic E-state index is 9.75. The van der Waals surface area contributed by atoms with E-state index in [-0.39, 0.29) is 0 Å². The summed E-state index contributed by atoms with van der Waals surface area (Å²) in [6.07, 6.45) is 4.03. The molecule has 0 atom stereocenters. The summed E-state index contributed by atoms with van der Waals surface area (Å²) >= 11 is 0. The van der Waals surface area contributed by atoms with E-state index in [0.717, 1.165) is 13.1 Å². The molecule has 0 bridgehead atoms. The van der Waals surface area contributed by atoms with Crippen molar-refractivity contribution in [2.45, 2.75) is 25.8 Å². The molecule has 192 valence electrons. The first-order chi connectivity index (χ1) is 17.9. The molecule has 1 aliphatic heterocycles. The summed E-state index contributed by atoms with van der Waals surface area (Å²) in [5.74, 6) is 0. The lowest BCUT2D eigenvalue weighted by Crippen LogP contribution is -2.45. The minimum absolute atomic E-state index is 0.990. The van der Waals surface area contributed by atoms with E-state index in [2.05, 4.69) is 113 Å². The van der Waals surface area contributed by atoms with Gasteiger partial charge in [0, 0.05) is 23.3 Å². The molecule has 0 amide bonds. The molecule has 0 N–H and O–H groups in total. The summed E-state index contributed by atoms with van der Waals surface area (Å²) in [4.78, 5) is 2.63. The minimum Gasteiger partial charge on any atom is -0.418 e. The molecule has 37 heavy (non-hydrogen) atoms. The molecule has 0 aliphatic carbocycles. The van der Waals surface area contributed by atoms with Crippen LogP contribution in [0.2, 0.25) is 0 Å². The molecule has 5 rings (SSSR count). The molecule has 1 aromatic heterocycles. The van der Waals surface area contributed by atoms with Crippen LogP contribution in [-0.2, 0) is 6.54 Å². The molecule has 3 aromatic carbocycles. The third kappa shape index (κ3) is 8.02. The molecule has 0 radical (unpaired) electrons. The summed E-state index contributed by atoms with van der Waals surface area (Å²) in [6.45, 7) is 4.53. The highest BCUT2D eigenvalue weighted by molar-refractivity contribution is 6.50. The first-order valence-electron chi connectivity index (χ1n) is 12.7. The Morgan fingerprint density at radius 3 is 1.41 bits per heavy atom. The quantitative estimate of drug-likeness (QED) is 0.147. The van der Waals surface area contributed by atoms with Crippen LogP contribution in [-0.4, -0.2) is 31.8 Å². The molecule has 1 saturated heterocycles. The summed E-state index contributed by atoms with van der Waals surface area (Å²) in [6, 6.07) is 37.2. The van der Waals surface area contributed by atoms with Gasteiger partial charge in [0.15, 0.2) is 6.54 Å². The van der Waals surface area contributed by atoms with Crippen molar-refractivity contribution in [1.82, 2.24) is 4.90 Å². The predicted molar refractivity (Wildman–Crippen MR) is 143 cm³/mol. The van der Waals surface area contributed by atoms with E-state index in [0.29, 0.717) is 0 Å². The van der Waals surface area contributed by atoms with Crippen molar-refractivity contribution in [3.63, 3.8) is 0 Å². The van der Waals surface area contributed by atoms with Crippen molar-refractivity contribution < 1.29 is 21.8 Å². The monoisotopic (exact) mass is 506 g/mol. The largest absolute Gasteiger partial charge is 0.673 e. The van der Waals surface area contributed by atoms with Gasteiger partial charge in [-0.15, -0.1) is 0 Å². The second kappa shape index (κ2) is 12.7. The molecule has 0 saturated carbocycles. The Kier molecular flexibility index (Phi) is 9.12. The molecule has 0 unspecified atom stereocenters. The maximum Gasteiger partial charge on any atom is 0.673 e. The lowest BCUT2D eigenvalue weighted by atomic mass is 9.99. The normalized spacial score (nSPS) is 14.1. The van der Waals surface area contributed by atoms with E-state index in [1.54, 1.807) is 0 Å².